The lowest BCUT2D eigenvalue weighted by molar-refractivity contribution is 0.0527. The van der Waals surface area contributed by atoms with Crippen molar-refractivity contribution in [2.24, 2.45) is 5.92 Å². The first-order chi connectivity index (χ1) is 7.97. The molecule has 0 bridgehead atoms. The van der Waals surface area contributed by atoms with E-state index in [2.05, 4.69) is 0 Å². The summed E-state index contributed by atoms with van der Waals surface area (Å²) in [7, 11) is 0. The monoisotopic (exact) mass is 235 g/mol. The van der Waals surface area contributed by atoms with Gasteiger partial charge in [-0.25, -0.2) is 4.79 Å². The zero-order chi connectivity index (χ0) is 13.0. The number of Topliss-reactive ketones (excluding diaryl/α,β-unsaturated/α-hetero) is 1. The van der Waals surface area contributed by atoms with E-state index in [-0.39, 0.29) is 17.4 Å². The van der Waals surface area contributed by atoms with Crippen molar-refractivity contribution in [3.05, 3.63) is 29.3 Å². The summed E-state index contributed by atoms with van der Waals surface area (Å²) in [6.07, 6.45) is 0. The van der Waals surface area contributed by atoms with E-state index in [1.165, 1.54) is 12.1 Å². The first-order valence-corrected chi connectivity index (χ1v) is 5.58. The fourth-order valence-corrected chi connectivity index (χ4v) is 1.44. The minimum Gasteiger partial charge on any atom is -0.462 e. The highest BCUT2D eigenvalue weighted by Crippen LogP contribution is 2.18. The van der Waals surface area contributed by atoms with Crippen LogP contribution in [0.4, 0.5) is 5.69 Å². The summed E-state index contributed by atoms with van der Waals surface area (Å²) >= 11 is 0. The van der Waals surface area contributed by atoms with Crippen LogP contribution in [0.1, 0.15) is 41.5 Å². The van der Waals surface area contributed by atoms with Gasteiger partial charge in [0, 0.05) is 17.2 Å². The maximum absolute atomic E-state index is 11.7. The Morgan fingerprint density at radius 2 is 2.00 bits per heavy atom. The highest BCUT2D eigenvalue weighted by atomic mass is 16.5. The standard InChI is InChI=1S/C13H17NO3/c1-4-17-13(16)10-6-5-9(7-11(10)14)12(15)8(2)3/h5-8H,4,14H2,1-3H3. The van der Waals surface area contributed by atoms with Crippen molar-refractivity contribution in [3.8, 4) is 0 Å². The third-order valence-electron chi connectivity index (χ3n) is 2.36. The largest absolute Gasteiger partial charge is 0.462 e. The topological polar surface area (TPSA) is 69.4 Å². The van der Waals surface area contributed by atoms with E-state index in [1.807, 2.05) is 13.8 Å². The Bertz CT molecular complexity index is 438. The molecule has 0 heterocycles. The summed E-state index contributed by atoms with van der Waals surface area (Å²) in [5.41, 5.74) is 6.83. The van der Waals surface area contributed by atoms with Crippen LogP contribution in [0.15, 0.2) is 18.2 Å². The summed E-state index contributed by atoms with van der Waals surface area (Å²) in [6, 6.07) is 4.66. The van der Waals surface area contributed by atoms with Gasteiger partial charge in [0.25, 0.3) is 0 Å². The maximum atomic E-state index is 11.7. The minimum atomic E-state index is -0.464. The second-order valence-electron chi connectivity index (χ2n) is 4.04. The number of hydrogen-bond donors (Lipinski definition) is 1. The van der Waals surface area contributed by atoms with Gasteiger partial charge >= 0.3 is 5.97 Å². The number of rotatable bonds is 4. The fraction of sp³-hybridized carbons (Fsp3) is 0.385. The second-order valence-corrected chi connectivity index (χ2v) is 4.04. The zero-order valence-electron chi connectivity index (χ0n) is 10.3. The Balaban J connectivity index is 3.02. The number of ketones is 1. The van der Waals surface area contributed by atoms with Crippen LogP contribution in [0.2, 0.25) is 0 Å². The maximum Gasteiger partial charge on any atom is 0.340 e. The first kappa shape index (κ1) is 13.2. The van der Waals surface area contributed by atoms with E-state index >= 15 is 0 Å². The Morgan fingerprint density at radius 1 is 1.35 bits per heavy atom. The number of nitrogens with two attached hydrogens (primary N) is 1. The van der Waals surface area contributed by atoms with Crippen LogP contribution < -0.4 is 5.73 Å². The first-order valence-electron chi connectivity index (χ1n) is 5.58. The van der Waals surface area contributed by atoms with E-state index < -0.39 is 5.97 Å². The average Bonchev–Trinajstić information content (AvgIpc) is 2.27. The number of carbonyl (C=O) groups is 2. The van der Waals surface area contributed by atoms with E-state index in [0.29, 0.717) is 17.7 Å². The number of nitrogen functional groups attached to an aromatic ring is 1. The Labute approximate surface area is 101 Å². The van der Waals surface area contributed by atoms with Crippen LogP contribution in [0.5, 0.6) is 0 Å². The van der Waals surface area contributed by atoms with Crippen molar-refractivity contribution in [1.29, 1.82) is 0 Å². The summed E-state index contributed by atoms with van der Waals surface area (Å²) in [5, 5.41) is 0. The van der Waals surface area contributed by atoms with Crippen LogP contribution in [0.3, 0.4) is 0 Å². The van der Waals surface area contributed by atoms with Crippen molar-refractivity contribution in [2.75, 3.05) is 12.3 Å². The Hall–Kier alpha value is -1.84. The van der Waals surface area contributed by atoms with Gasteiger partial charge in [-0.05, 0) is 19.1 Å². The molecule has 0 aliphatic carbocycles. The average molecular weight is 235 g/mol. The van der Waals surface area contributed by atoms with E-state index in [0.717, 1.165) is 0 Å². The Kier molecular flexibility index (Phi) is 4.26. The van der Waals surface area contributed by atoms with Gasteiger partial charge in [-0.15, -0.1) is 0 Å². The van der Waals surface area contributed by atoms with Crippen LogP contribution in [0.25, 0.3) is 0 Å². The lowest BCUT2D eigenvalue weighted by Gasteiger charge is -2.08. The van der Waals surface area contributed by atoms with Gasteiger partial charge < -0.3 is 10.5 Å². The molecule has 2 N–H and O–H groups in total. The lowest BCUT2D eigenvalue weighted by Crippen LogP contribution is -2.11. The highest BCUT2D eigenvalue weighted by Gasteiger charge is 2.15. The normalized spacial score (nSPS) is 10.4. The van der Waals surface area contributed by atoms with Gasteiger partial charge in [0.15, 0.2) is 5.78 Å². The van der Waals surface area contributed by atoms with Gasteiger partial charge in [0.1, 0.15) is 0 Å². The molecule has 4 nitrogen and oxygen atoms in total. The summed E-state index contributed by atoms with van der Waals surface area (Å²) in [5.74, 6) is -0.552. The quantitative estimate of drug-likeness (QED) is 0.494. The van der Waals surface area contributed by atoms with E-state index in [1.54, 1.807) is 13.0 Å². The number of anilines is 1. The molecule has 1 aromatic carbocycles. The Morgan fingerprint density at radius 3 is 2.47 bits per heavy atom. The molecule has 0 atom stereocenters. The van der Waals surface area contributed by atoms with Crippen molar-refractivity contribution in [2.45, 2.75) is 20.8 Å². The number of hydrogen-bond acceptors (Lipinski definition) is 4. The van der Waals surface area contributed by atoms with Crippen molar-refractivity contribution in [1.82, 2.24) is 0 Å². The number of carbonyl (C=O) groups excluding carboxylic acids is 2. The van der Waals surface area contributed by atoms with Crippen LogP contribution in [-0.4, -0.2) is 18.4 Å². The van der Waals surface area contributed by atoms with E-state index in [4.69, 9.17) is 10.5 Å². The predicted molar refractivity (Wildman–Crippen MR) is 66.0 cm³/mol. The van der Waals surface area contributed by atoms with E-state index in [9.17, 15) is 9.59 Å². The predicted octanol–water partition coefficient (Wildman–Crippen LogP) is 2.28. The number of ether oxygens (including phenoxy) is 1. The number of esters is 1. The van der Waals surface area contributed by atoms with Crippen molar-refractivity contribution in [3.63, 3.8) is 0 Å². The van der Waals surface area contributed by atoms with Crippen LogP contribution in [-0.2, 0) is 4.74 Å². The highest BCUT2D eigenvalue weighted by molar-refractivity contribution is 6.01. The molecule has 17 heavy (non-hydrogen) atoms. The SMILES string of the molecule is CCOC(=O)c1ccc(C(=O)C(C)C)cc1N. The lowest BCUT2D eigenvalue weighted by atomic mass is 9.99. The van der Waals surface area contributed by atoms with Gasteiger partial charge in [0.2, 0.25) is 0 Å². The molecule has 1 rings (SSSR count). The smallest absolute Gasteiger partial charge is 0.340 e. The zero-order valence-corrected chi connectivity index (χ0v) is 10.3. The molecule has 0 aromatic heterocycles. The molecule has 0 saturated heterocycles. The summed E-state index contributed by atoms with van der Waals surface area (Å²) in [6.45, 7) is 5.66. The molecule has 0 radical (unpaired) electrons. The molecule has 0 fully saturated rings. The molecule has 4 heteroatoms. The molecular weight excluding hydrogens is 218 g/mol. The fourth-order valence-electron chi connectivity index (χ4n) is 1.44. The molecule has 0 unspecified atom stereocenters. The van der Waals surface area contributed by atoms with Gasteiger partial charge in [-0.3, -0.25) is 4.79 Å². The molecule has 0 amide bonds. The molecule has 0 aliphatic heterocycles. The molecule has 0 saturated carbocycles. The van der Waals surface area contributed by atoms with Crippen molar-refractivity contribution >= 4 is 17.4 Å². The third kappa shape index (κ3) is 3.06. The van der Waals surface area contributed by atoms with Gasteiger partial charge in [-0.1, -0.05) is 19.9 Å². The second kappa shape index (κ2) is 5.48. The molecule has 0 aliphatic rings. The van der Waals surface area contributed by atoms with Crippen LogP contribution in [0, 0.1) is 5.92 Å². The minimum absolute atomic E-state index is 0.00658. The van der Waals surface area contributed by atoms with Gasteiger partial charge in [-0.2, -0.15) is 0 Å². The van der Waals surface area contributed by atoms with Crippen molar-refractivity contribution < 1.29 is 14.3 Å². The molecule has 92 valence electrons. The summed E-state index contributed by atoms with van der Waals surface area (Å²) in [4.78, 5) is 23.2. The van der Waals surface area contributed by atoms with Gasteiger partial charge in [0.05, 0.1) is 12.2 Å². The molecule has 1 aromatic rings. The molecule has 0 spiro atoms. The number of benzene rings is 1. The third-order valence-corrected chi connectivity index (χ3v) is 2.36. The molecular formula is C13H17NO3. The van der Waals surface area contributed by atoms with Crippen LogP contribution >= 0.6 is 0 Å². The summed E-state index contributed by atoms with van der Waals surface area (Å²) < 4.78 is 4.85.